The van der Waals surface area contributed by atoms with Crippen molar-refractivity contribution < 1.29 is 66.3 Å². The molecule has 1 amide bonds. The van der Waals surface area contributed by atoms with Gasteiger partial charge in [-0.25, -0.2) is 19.1 Å². The van der Waals surface area contributed by atoms with Gasteiger partial charge in [-0.1, -0.05) is 126 Å². The molecule has 0 unspecified atom stereocenters. The zero-order chi connectivity index (χ0) is 53.3. The maximum atomic E-state index is 15.8. The van der Waals surface area contributed by atoms with Crippen LogP contribution in [-0.2, 0) is 23.9 Å². The van der Waals surface area contributed by atoms with Gasteiger partial charge in [0.1, 0.15) is 39.6 Å². The maximum Gasteiger partial charge on any atom is 0.345 e. The fourth-order valence-electron chi connectivity index (χ4n) is 10.9. The number of hydrogen-bond donors (Lipinski definition) is 2. The lowest BCUT2D eigenvalue weighted by Gasteiger charge is -2.20. The molecule has 9 atom stereocenters. The number of alkyl halides is 2. The Morgan fingerprint density at radius 1 is 0.513 bits per heavy atom. The van der Waals surface area contributed by atoms with Crippen molar-refractivity contribution in [1.82, 2.24) is 5.48 Å². The Morgan fingerprint density at radius 3 is 1.30 bits per heavy atom. The predicted molar refractivity (Wildman–Crippen MR) is 277 cm³/mol. The van der Waals surface area contributed by atoms with E-state index < -0.39 is 46.9 Å². The lowest BCUT2D eigenvalue weighted by Crippen LogP contribution is -2.33. The Balaban J connectivity index is 0.000000130. The van der Waals surface area contributed by atoms with Crippen molar-refractivity contribution in [2.75, 3.05) is 52.9 Å². The van der Waals surface area contributed by atoms with E-state index in [9.17, 15) is 14.4 Å². The van der Waals surface area contributed by atoms with Gasteiger partial charge in [-0.15, -0.1) is 0 Å². The molecule has 6 aliphatic rings. The number of fused-ring (bicyclic) bond motifs is 3. The molecular weight excluding hydrogens is 1050 g/mol. The van der Waals surface area contributed by atoms with Crippen molar-refractivity contribution in [2.45, 2.75) is 60.7 Å². The highest BCUT2D eigenvalue weighted by Gasteiger charge is 2.74. The third-order valence-corrected chi connectivity index (χ3v) is 15.2. The molecule has 396 valence electrons. The van der Waals surface area contributed by atoms with E-state index >= 15 is 8.78 Å². The molecule has 6 aromatic rings. The smallest absolute Gasteiger partial charge is 0.345 e. The first-order chi connectivity index (χ1) is 36.8. The normalized spacial score (nSPS) is 25.7. The van der Waals surface area contributed by atoms with Gasteiger partial charge in [0.05, 0.1) is 34.2 Å². The molecule has 3 fully saturated rings. The average molecular weight is 1100 g/mol. The highest BCUT2D eigenvalue weighted by molar-refractivity contribution is 6.33. The number of rotatable bonds is 11. The summed E-state index contributed by atoms with van der Waals surface area (Å²) < 4.78 is 74.9. The Hall–Kier alpha value is -6.78. The number of esters is 2. The maximum absolute atomic E-state index is 15.8. The van der Waals surface area contributed by atoms with Gasteiger partial charge in [0.2, 0.25) is 11.3 Å². The van der Waals surface area contributed by atoms with E-state index in [2.05, 4.69) is 12.1 Å². The summed E-state index contributed by atoms with van der Waals surface area (Å²) in [5.41, 5.74) is 1.73. The van der Waals surface area contributed by atoms with Gasteiger partial charge in [0, 0.05) is 35.5 Å². The van der Waals surface area contributed by atoms with Crippen LogP contribution >= 0.6 is 34.8 Å². The first-order valence-electron chi connectivity index (χ1n) is 24.9. The van der Waals surface area contributed by atoms with Crippen LogP contribution in [-0.4, -0.2) is 87.2 Å². The predicted octanol–water partition coefficient (Wildman–Crippen LogP) is 11.6. The van der Waals surface area contributed by atoms with E-state index in [0.29, 0.717) is 113 Å². The highest BCUT2D eigenvalue weighted by Crippen LogP contribution is 2.69. The molecule has 13 nitrogen and oxygen atoms in total. The number of hydrogen-bond acceptors (Lipinski definition) is 12. The van der Waals surface area contributed by atoms with Crippen molar-refractivity contribution in [3.8, 4) is 34.5 Å². The summed E-state index contributed by atoms with van der Waals surface area (Å²) in [6.07, 6.45) is 0. The number of halogens is 5. The monoisotopic (exact) mass is 1100 g/mol. The summed E-state index contributed by atoms with van der Waals surface area (Å²) in [4.78, 5) is 36.8. The summed E-state index contributed by atoms with van der Waals surface area (Å²) in [6.45, 7) is 6.57. The van der Waals surface area contributed by atoms with Crippen LogP contribution < -0.4 is 33.9 Å². The van der Waals surface area contributed by atoms with Gasteiger partial charge in [-0.3, -0.25) is 14.8 Å². The minimum atomic E-state index is -2.26. The molecular formula is C58H52Cl3F2NO12. The molecule has 2 N–H and O–H groups in total. The topological polar surface area (TPSA) is 157 Å². The molecule has 3 heterocycles. The van der Waals surface area contributed by atoms with Crippen molar-refractivity contribution in [3.05, 3.63) is 176 Å². The number of carbonyl (C=O) groups is 3. The Bertz CT molecular complexity index is 3120. The van der Waals surface area contributed by atoms with Gasteiger partial charge >= 0.3 is 11.9 Å². The van der Waals surface area contributed by atoms with Crippen molar-refractivity contribution in [2.24, 2.45) is 5.92 Å². The van der Waals surface area contributed by atoms with E-state index in [-0.39, 0.29) is 30.3 Å². The standard InChI is InChI=1S/C20H18ClFO4.C20H19ClO4.C18H15ClFNO4/c1-2-24-19(23)20(22)16(12-6-4-3-5-7-12)17(20)13-10-14(21)18-15(11-13)25-8-9-26-18;1-2-23-20(22)18-16(12-6-4-3-5-7-12)17(18)13-10-14(21)19-15(11-13)24-8-9-25-19;19-12-8-11(9-13-16(12)25-7-6-24-13)15-14(10-4-2-1-3-5-10)18(15,20)17(22)21-23/h3-7,10-11,16-17H,2,8-9H2,1H3;3-7,10-11,16-18H,2,8-9H2,1H3;1-5,8-9,14-15,23H,6-7H2,(H,21,22)/t16-,17-,20+;16-,17-,18-;14-,15-,18-/m111/s1. The molecule has 6 aromatic carbocycles. The molecule has 0 radical (unpaired) electrons. The largest absolute Gasteiger partial charge is 0.486 e. The van der Waals surface area contributed by atoms with Crippen molar-refractivity contribution >= 4 is 52.6 Å². The molecule has 12 rings (SSSR count). The quantitative estimate of drug-likeness (QED) is 0.0720. The number of nitrogens with one attached hydrogen (secondary N) is 1. The van der Waals surface area contributed by atoms with E-state index in [0.717, 1.165) is 16.7 Å². The second-order valence-corrected chi connectivity index (χ2v) is 20.0. The minimum Gasteiger partial charge on any atom is -0.486 e. The molecule has 76 heavy (non-hydrogen) atoms. The lowest BCUT2D eigenvalue weighted by atomic mass is 10.0. The molecule has 0 saturated heterocycles. The molecule has 18 heteroatoms. The zero-order valence-corrected chi connectivity index (χ0v) is 43.4. The van der Waals surface area contributed by atoms with Crippen LogP contribution in [0.2, 0.25) is 15.1 Å². The number of benzene rings is 6. The first kappa shape index (κ1) is 52.7. The summed E-state index contributed by atoms with van der Waals surface area (Å²) in [7, 11) is 0. The van der Waals surface area contributed by atoms with Crippen LogP contribution in [0.1, 0.15) is 82.7 Å². The first-order valence-corrected chi connectivity index (χ1v) is 26.1. The van der Waals surface area contributed by atoms with Gasteiger partial charge < -0.3 is 37.9 Å². The van der Waals surface area contributed by atoms with Crippen LogP contribution in [0.4, 0.5) is 8.78 Å². The molecule has 3 saturated carbocycles. The van der Waals surface area contributed by atoms with Gasteiger partial charge in [0.25, 0.3) is 5.91 Å². The summed E-state index contributed by atoms with van der Waals surface area (Å²) in [6, 6.07) is 38.5. The average Bonchev–Trinajstić information content (AvgIpc) is 4.57. The second kappa shape index (κ2) is 22.1. The molecule has 0 spiro atoms. The van der Waals surface area contributed by atoms with Crippen LogP contribution in [0, 0.1) is 5.92 Å². The summed E-state index contributed by atoms with van der Waals surface area (Å²) in [5.74, 6) is -1.93. The lowest BCUT2D eigenvalue weighted by molar-refractivity contribution is -0.151. The number of ether oxygens (including phenoxy) is 8. The van der Waals surface area contributed by atoms with E-state index in [4.69, 9.17) is 77.9 Å². The Labute approximate surface area is 452 Å². The van der Waals surface area contributed by atoms with Gasteiger partial charge in [-0.2, -0.15) is 0 Å². The van der Waals surface area contributed by atoms with E-state index in [1.807, 2.05) is 73.7 Å². The third-order valence-electron chi connectivity index (χ3n) is 14.3. The molecule has 3 aliphatic heterocycles. The van der Waals surface area contributed by atoms with Crippen molar-refractivity contribution in [1.29, 1.82) is 0 Å². The number of hydroxylamine groups is 1. The van der Waals surface area contributed by atoms with Crippen LogP contribution in [0.5, 0.6) is 34.5 Å². The molecule has 3 aliphatic carbocycles. The van der Waals surface area contributed by atoms with E-state index in [1.165, 1.54) is 5.48 Å². The zero-order valence-electron chi connectivity index (χ0n) is 41.2. The molecule has 0 bridgehead atoms. The van der Waals surface area contributed by atoms with Crippen LogP contribution in [0.3, 0.4) is 0 Å². The second-order valence-electron chi connectivity index (χ2n) is 18.8. The van der Waals surface area contributed by atoms with Crippen molar-refractivity contribution in [3.63, 3.8) is 0 Å². The van der Waals surface area contributed by atoms with Crippen LogP contribution in [0.25, 0.3) is 0 Å². The van der Waals surface area contributed by atoms with Crippen LogP contribution in [0.15, 0.2) is 127 Å². The minimum absolute atomic E-state index is 0.0368. The SMILES string of the molecule is CCOC(=O)[C@@H]1[C@H](c2ccccc2)[C@H]1c1cc(Cl)c2c(c1)OCCO2.CCOC(=O)[C@]1(F)[C@H](c2ccccc2)[C@H]1c1cc(Cl)c2c(c1)OCCO2.O=C(NO)[C@@]1(F)[C@H](c2ccccc2)[C@H]1c1cc(Cl)c2c(c1)OCCO2. The highest BCUT2D eigenvalue weighted by atomic mass is 35.5. The molecule has 0 aromatic heterocycles. The fraction of sp³-hybridized carbons (Fsp3) is 0.328. The Morgan fingerprint density at radius 2 is 0.868 bits per heavy atom. The van der Waals surface area contributed by atoms with E-state index in [1.54, 1.807) is 55.5 Å². The summed E-state index contributed by atoms with van der Waals surface area (Å²) in [5, 5.41) is 10.2. The third kappa shape index (κ3) is 9.94. The fourth-order valence-corrected chi connectivity index (χ4v) is 11.8. The summed E-state index contributed by atoms with van der Waals surface area (Å²) >= 11 is 18.9. The number of carbonyl (C=O) groups excluding carboxylic acids is 3. The van der Waals surface area contributed by atoms with Gasteiger partial charge in [-0.05, 0) is 83.6 Å². The van der Waals surface area contributed by atoms with Gasteiger partial charge in [0.15, 0.2) is 34.5 Å². The Kier molecular flexibility index (Phi) is 15.3. The number of amides is 1.